The maximum Gasteiger partial charge on any atom is 0.220 e. The lowest BCUT2D eigenvalue weighted by atomic mass is 10.1. The summed E-state index contributed by atoms with van der Waals surface area (Å²) in [6.45, 7) is 1.65. The molecule has 1 aromatic carbocycles. The van der Waals surface area contributed by atoms with Crippen LogP contribution in [0.5, 0.6) is 0 Å². The number of pyridine rings is 1. The molecule has 1 saturated heterocycles. The summed E-state index contributed by atoms with van der Waals surface area (Å²) in [5.41, 5.74) is 0.859. The summed E-state index contributed by atoms with van der Waals surface area (Å²) in [4.78, 5) is 18.6. The number of benzene rings is 1. The minimum atomic E-state index is -0.439. The maximum atomic E-state index is 13.1. The minimum Gasteiger partial charge on any atom is -0.354 e. The smallest absolute Gasteiger partial charge is 0.220 e. The van der Waals surface area contributed by atoms with Crippen LogP contribution in [0.4, 0.5) is 10.2 Å². The number of hydrogen-bond acceptors (Lipinski definition) is 3. The molecule has 1 aliphatic rings. The Hall–Kier alpha value is -2.14. The summed E-state index contributed by atoms with van der Waals surface area (Å²) in [6.07, 6.45) is 3.59. The van der Waals surface area contributed by atoms with Gasteiger partial charge in [-0.2, -0.15) is 0 Å². The predicted molar refractivity (Wildman–Crippen MR) is 92.7 cm³/mol. The fourth-order valence-electron chi connectivity index (χ4n) is 2.88. The average Bonchev–Trinajstić information content (AvgIpc) is 3.05. The molecule has 1 N–H and O–H groups in total. The third-order valence-corrected chi connectivity index (χ3v) is 4.44. The van der Waals surface area contributed by atoms with Crippen molar-refractivity contribution in [2.45, 2.75) is 25.3 Å². The average molecular weight is 348 g/mol. The van der Waals surface area contributed by atoms with Crippen molar-refractivity contribution in [3.63, 3.8) is 0 Å². The molecular formula is C18H19ClFN3O. The Balaban J connectivity index is 1.46. The SMILES string of the molecule is O=C(CCc1ccc(F)c(Cl)c1)N[C@@H]1CCN(c2ccccn2)C1. The van der Waals surface area contributed by atoms with Crippen LogP contribution in [0.25, 0.3) is 0 Å². The fourth-order valence-corrected chi connectivity index (χ4v) is 3.08. The molecule has 6 heteroatoms. The van der Waals surface area contributed by atoms with Crippen LogP contribution < -0.4 is 10.2 Å². The maximum absolute atomic E-state index is 13.1. The Kier molecular flexibility index (Phi) is 5.30. The molecule has 126 valence electrons. The van der Waals surface area contributed by atoms with Crippen molar-refractivity contribution in [3.8, 4) is 0 Å². The third kappa shape index (κ3) is 4.23. The number of amides is 1. The first-order valence-electron chi connectivity index (χ1n) is 8.01. The molecule has 1 aliphatic heterocycles. The number of nitrogens with zero attached hydrogens (tertiary/aromatic N) is 2. The highest BCUT2D eigenvalue weighted by molar-refractivity contribution is 6.30. The van der Waals surface area contributed by atoms with Crippen molar-refractivity contribution in [2.24, 2.45) is 0 Å². The molecule has 24 heavy (non-hydrogen) atoms. The number of nitrogens with one attached hydrogen (secondary N) is 1. The van der Waals surface area contributed by atoms with Crippen LogP contribution in [-0.4, -0.2) is 30.0 Å². The van der Waals surface area contributed by atoms with Crippen molar-refractivity contribution in [2.75, 3.05) is 18.0 Å². The van der Waals surface area contributed by atoms with Gasteiger partial charge >= 0.3 is 0 Å². The molecular weight excluding hydrogens is 329 g/mol. The zero-order valence-corrected chi connectivity index (χ0v) is 14.0. The standard InChI is InChI=1S/C18H19ClFN3O/c19-15-11-13(4-6-16(15)20)5-7-18(24)22-14-8-10-23(12-14)17-3-1-2-9-21-17/h1-4,6,9,11,14H,5,7-8,10,12H2,(H,22,24)/t14-/m1/s1. The van der Waals surface area contributed by atoms with E-state index in [1.807, 2.05) is 18.2 Å². The van der Waals surface area contributed by atoms with E-state index >= 15 is 0 Å². The zero-order valence-electron chi connectivity index (χ0n) is 13.2. The highest BCUT2D eigenvalue weighted by Crippen LogP contribution is 2.18. The van der Waals surface area contributed by atoms with Crippen molar-refractivity contribution >= 4 is 23.3 Å². The van der Waals surface area contributed by atoms with Gasteiger partial charge in [0.2, 0.25) is 5.91 Å². The Bertz CT molecular complexity index is 711. The van der Waals surface area contributed by atoms with Gasteiger partial charge in [-0.25, -0.2) is 9.37 Å². The summed E-state index contributed by atoms with van der Waals surface area (Å²) in [7, 11) is 0. The van der Waals surface area contributed by atoms with E-state index in [4.69, 9.17) is 11.6 Å². The van der Waals surface area contributed by atoms with E-state index in [9.17, 15) is 9.18 Å². The predicted octanol–water partition coefficient (Wildman–Crippen LogP) is 3.20. The number of aromatic nitrogens is 1. The number of anilines is 1. The van der Waals surface area contributed by atoms with Gasteiger partial charge in [-0.15, -0.1) is 0 Å². The van der Waals surface area contributed by atoms with Crippen molar-refractivity contribution in [3.05, 3.63) is 59.0 Å². The minimum absolute atomic E-state index is 0.00307. The molecule has 1 fully saturated rings. The Morgan fingerprint density at radius 1 is 1.38 bits per heavy atom. The van der Waals surface area contributed by atoms with E-state index in [0.717, 1.165) is 30.9 Å². The van der Waals surface area contributed by atoms with Crippen molar-refractivity contribution < 1.29 is 9.18 Å². The molecule has 1 atom stereocenters. The largest absolute Gasteiger partial charge is 0.354 e. The lowest BCUT2D eigenvalue weighted by Crippen LogP contribution is -2.37. The van der Waals surface area contributed by atoms with E-state index < -0.39 is 5.82 Å². The molecule has 0 unspecified atom stereocenters. The fraction of sp³-hybridized carbons (Fsp3) is 0.333. The Morgan fingerprint density at radius 2 is 2.25 bits per heavy atom. The molecule has 0 radical (unpaired) electrons. The van der Waals surface area contributed by atoms with E-state index in [2.05, 4.69) is 15.2 Å². The molecule has 1 amide bonds. The number of hydrogen-bond donors (Lipinski definition) is 1. The monoisotopic (exact) mass is 347 g/mol. The van der Waals surface area contributed by atoms with E-state index in [1.165, 1.54) is 6.07 Å². The van der Waals surface area contributed by atoms with E-state index in [0.29, 0.717) is 12.8 Å². The number of rotatable bonds is 5. The number of aryl methyl sites for hydroxylation is 1. The molecule has 0 saturated carbocycles. The van der Waals surface area contributed by atoms with Gasteiger partial charge < -0.3 is 10.2 Å². The van der Waals surface area contributed by atoms with Crippen LogP contribution in [0.1, 0.15) is 18.4 Å². The Morgan fingerprint density at radius 3 is 3.00 bits per heavy atom. The second-order valence-corrected chi connectivity index (χ2v) is 6.34. The van der Waals surface area contributed by atoms with Gasteiger partial charge in [0.15, 0.2) is 0 Å². The molecule has 1 aromatic heterocycles. The summed E-state index contributed by atoms with van der Waals surface area (Å²) in [5, 5.41) is 3.15. The van der Waals surface area contributed by atoms with Gasteiger partial charge in [-0.05, 0) is 42.7 Å². The topological polar surface area (TPSA) is 45.2 Å². The van der Waals surface area contributed by atoms with E-state index in [1.54, 1.807) is 18.3 Å². The first-order chi connectivity index (χ1) is 11.6. The second kappa shape index (κ2) is 7.62. The second-order valence-electron chi connectivity index (χ2n) is 5.94. The number of carbonyl (C=O) groups excluding carboxylic acids is 1. The van der Waals surface area contributed by atoms with Crippen LogP contribution in [-0.2, 0) is 11.2 Å². The Labute approximate surface area is 145 Å². The first-order valence-corrected chi connectivity index (χ1v) is 8.39. The van der Waals surface area contributed by atoms with Crippen molar-refractivity contribution in [1.29, 1.82) is 0 Å². The quantitative estimate of drug-likeness (QED) is 0.903. The molecule has 0 aliphatic carbocycles. The summed E-state index contributed by atoms with van der Waals surface area (Å²) >= 11 is 5.75. The lowest BCUT2D eigenvalue weighted by molar-refractivity contribution is -0.121. The number of carbonyl (C=O) groups is 1. The summed E-state index contributed by atoms with van der Waals surface area (Å²) in [5.74, 6) is 0.504. The van der Waals surface area contributed by atoms with Crippen LogP contribution in [0, 0.1) is 5.82 Å². The number of halogens is 2. The normalized spacial score (nSPS) is 17.1. The van der Waals surface area contributed by atoms with Crippen molar-refractivity contribution in [1.82, 2.24) is 10.3 Å². The van der Waals surface area contributed by atoms with Gasteiger partial charge in [0.05, 0.1) is 5.02 Å². The van der Waals surface area contributed by atoms with Crippen LogP contribution in [0.3, 0.4) is 0 Å². The molecule has 2 heterocycles. The van der Waals surface area contributed by atoms with Crippen LogP contribution in [0.15, 0.2) is 42.6 Å². The highest BCUT2D eigenvalue weighted by Gasteiger charge is 2.24. The molecule has 3 rings (SSSR count). The van der Waals surface area contributed by atoms with Crippen LogP contribution >= 0.6 is 11.6 Å². The van der Waals surface area contributed by atoms with E-state index in [-0.39, 0.29) is 17.0 Å². The summed E-state index contributed by atoms with van der Waals surface area (Å²) in [6, 6.07) is 10.5. The molecule has 4 nitrogen and oxygen atoms in total. The van der Waals surface area contributed by atoms with Gasteiger partial charge in [0, 0.05) is 31.7 Å². The third-order valence-electron chi connectivity index (χ3n) is 4.15. The van der Waals surface area contributed by atoms with Gasteiger partial charge in [-0.1, -0.05) is 23.7 Å². The first kappa shape index (κ1) is 16.7. The summed E-state index contributed by atoms with van der Waals surface area (Å²) < 4.78 is 13.1. The molecule has 2 aromatic rings. The molecule has 0 bridgehead atoms. The highest BCUT2D eigenvalue weighted by atomic mass is 35.5. The van der Waals surface area contributed by atoms with Gasteiger partial charge in [0.1, 0.15) is 11.6 Å². The van der Waals surface area contributed by atoms with Gasteiger partial charge in [0.25, 0.3) is 0 Å². The lowest BCUT2D eigenvalue weighted by Gasteiger charge is -2.17. The van der Waals surface area contributed by atoms with Gasteiger partial charge in [-0.3, -0.25) is 4.79 Å². The van der Waals surface area contributed by atoms with Crippen LogP contribution in [0.2, 0.25) is 5.02 Å². The molecule has 0 spiro atoms. The zero-order chi connectivity index (χ0) is 16.9.